The van der Waals surface area contributed by atoms with Gasteiger partial charge >= 0.3 is 0 Å². The zero-order valence-electron chi connectivity index (χ0n) is 12.2. The van der Waals surface area contributed by atoms with Crippen LogP contribution in [-0.4, -0.2) is 37.5 Å². The van der Waals surface area contributed by atoms with E-state index in [-0.39, 0.29) is 11.9 Å². The van der Waals surface area contributed by atoms with E-state index in [2.05, 4.69) is 0 Å². The highest BCUT2D eigenvalue weighted by atomic mass is 32.2. The molecule has 20 heavy (non-hydrogen) atoms. The summed E-state index contributed by atoms with van der Waals surface area (Å²) in [6.45, 7) is 6.45. The molecule has 1 heterocycles. The molecular weight excluding hydrogens is 276 g/mol. The van der Waals surface area contributed by atoms with Crippen molar-refractivity contribution in [3.8, 4) is 0 Å². The Bertz CT molecular complexity index is 584. The molecule has 2 N–H and O–H groups in total. The van der Waals surface area contributed by atoms with Gasteiger partial charge in [0.05, 0.1) is 17.5 Å². The highest BCUT2D eigenvalue weighted by molar-refractivity contribution is 7.88. The minimum Gasteiger partial charge on any atom is -0.398 e. The first-order valence-corrected chi connectivity index (χ1v) is 8.29. The van der Waals surface area contributed by atoms with E-state index in [0.717, 1.165) is 0 Å². The molecule has 0 saturated carbocycles. The van der Waals surface area contributed by atoms with Gasteiger partial charge in [-0.2, -0.15) is 4.31 Å². The van der Waals surface area contributed by atoms with Gasteiger partial charge in [-0.3, -0.25) is 0 Å². The Labute approximate surface area is 120 Å². The number of rotatable bonds is 3. The minimum atomic E-state index is -3.39. The van der Waals surface area contributed by atoms with Crippen LogP contribution in [0.15, 0.2) is 24.3 Å². The molecule has 1 saturated heterocycles. The molecule has 1 aliphatic rings. The van der Waals surface area contributed by atoms with Gasteiger partial charge in [-0.15, -0.1) is 0 Å². The molecule has 1 aromatic carbocycles. The second-order valence-electron chi connectivity index (χ2n) is 5.94. The molecule has 112 valence electrons. The van der Waals surface area contributed by atoms with Gasteiger partial charge in [0.15, 0.2) is 0 Å². The first kappa shape index (κ1) is 15.3. The van der Waals surface area contributed by atoms with Crippen LogP contribution in [0, 0.1) is 0 Å². The zero-order valence-corrected chi connectivity index (χ0v) is 13.0. The fraction of sp³-hybridized carbons (Fsp3) is 0.571. The SMILES string of the molecule is CC1CN(S(=O)(=O)Cc2ccccc2N)CC(C)(C)O1. The van der Waals surface area contributed by atoms with Crippen LogP contribution in [0.5, 0.6) is 0 Å². The molecule has 0 spiro atoms. The Balaban J connectivity index is 2.20. The molecule has 0 bridgehead atoms. The summed E-state index contributed by atoms with van der Waals surface area (Å²) in [6.07, 6.45) is -0.110. The summed E-state index contributed by atoms with van der Waals surface area (Å²) in [5.74, 6) is -0.0670. The van der Waals surface area contributed by atoms with E-state index < -0.39 is 15.6 Å². The molecule has 1 fully saturated rings. The van der Waals surface area contributed by atoms with Crippen LogP contribution in [0.25, 0.3) is 0 Å². The summed E-state index contributed by atoms with van der Waals surface area (Å²) in [5, 5.41) is 0. The summed E-state index contributed by atoms with van der Waals surface area (Å²) in [5.41, 5.74) is 6.52. The van der Waals surface area contributed by atoms with Crippen molar-refractivity contribution in [2.45, 2.75) is 38.2 Å². The summed E-state index contributed by atoms with van der Waals surface area (Å²) in [7, 11) is -3.39. The predicted octanol–water partition coefficient (Wildman–Crippen LogP) is 1.60. The van der Waals surface area contributed by atoms with Crippen LogP contribution in [0.1, 0.15) is 26.3 Å². The van der Waals surface area contributed by atoms with Gasteiger partial charge < -0.3 is 10.5 Å². The van der Waals surface area contributed by atoms with Crippen LogP contribution in [0.4, 0.5) is 5.69 Å². The largest absolute Gasteiger partial charge is 0.398 e. The van der Waals surface area contributed by atoms with Crippen molar-refractivity contribution >= 4 is 15.7 Å². The Morgan fingerprint density at radius 1 is 1.40 bits per heavy atom. The number of anilines is 1. The van der Waals surface area contributed by atoms with E-state index >= 15 is 0 Å². The summed E-state index contributed by atoms with van der Waals surface area (Å²) in [6, 6.07) is 7.07. The maximum Gasteiger partial charge on any atom is 0.218 e. The van der Waals surface area contributed by atoms with Crippen LogP contribution >= 0.6 is 0 Å². The van der Waals surface area contributed by atoms with E-state index in [1.54, 1.807) is 24.3 Å². The second kappa shape index (κ2) is 5.35. The third-order valence-corrected chi connectivity index (χ3v) is 5.07. The maximum atomic E-state index is 12.6. The molecule has 6 heteroatoms. The molecule has 2 rings (SSSR count). The van der Waals surface area contributed by atoms with Gasteiger partial charge in [-0.1, -0.05) is 18.2 Å². The lowest BCUT2D eigenvalue weighted by atomic mass is 10.1. The Hall–Kier alpha value is -1.11. The number of morpholine rings is 1. The monoisotopic (exact) mass is 298 g/mol. The Morgan fingerprint density at radius 3 is 2.65 bits per heavy atom. The molecule has 5 nitrogen and oxygen atoms in total. The van der Waals surface area contributed by atoms with Gasteiger partial charge in [-0.05, 0) is 32.4 Å². The van der Waals surface area contributed by atoms with E-state index in [4.69, 9.17) is 10.5 Å². The third kappa shape index (κ3) is 3.50. The van der Waals surface area contributed by atoms with Crippen molar-refractivity contribution < 1.29 is 13.2 Å². The third-order valence-electron chi connectivity index (χ3n) is 3.32. The van der Waals surface area contributed by atoms with Crippen molar-refractivity contribution in [2.24, 2.45) is 0 Å². The van der Waals surface area contributed by atoms with E-state index in [1.165, 1.54) is 4.31 Å². The minimum absolute atomic E-state index is 0.0670. The predicted molar refractivity (Wildman–Crippen MR) is 79.7 cm³/mol. The fourth-order valence-electron chi connectivity index (χ4n) is 2.56. The molecule has 1 aliphatic heterocycles. The van der Waals surface area contributed by atoms with E-state index in [0.29, 0.717) is 24.3 Å². The van der Waals surface area contributed by atoms with Crippen molar-refractivity contribution in [3.63, 3.8) is 0 Å². The number of hydrogen-bond acceptors (Lipinski definition) is 4. The van der Waals surface area contributed by atoms with Crippen molar-refractivity contribution in [1.29, 1.82) is 0 Å². The number of nitrogen functional groups attached to an aromatic ring is 1. The molecule has 1 unspecified atom stereocenters. The standard InChI is InChI=1S/C14H22N2O3S/c1-11-8-16(10-14(2,3)19-11)20(17,18)9-12-6-4-5-7-13(12)15/h4-7,11H,8-10,15H2,1-3H3. The maximum absolute atomic E-state index is 12.6. The molecule has 1 aromatic rings. The highest BCUT2D eigenvalue weighted by Crippen LogP contribution is 2.25. The van der Waals surface area contributed by atoms with Crippen LogP contribution in [0.3, 0.4) is 0 Å². The van der Waals surface area contributed by atoms with Crippen LogP contribution in [-0.2, 0) is 20.5 Å². The van der Waals surface area contributed by atoms with Gasteiger partial charge in [-0.25, -0.2) is 8.42 Å². The summed E-state index contributed by atoms with van der Waals surface area (Å²) < 4.78 is 32.4. The number of hydrogen-bond donors (Lipinski definition) is 1. The average Bonchev–Trinajstić information content (AvgIpc) is 2.29. The molecule has 1 atom stereocenters. The van der Waals surface area contributed by atoms with Gasteiger partial charge in [0.1, 0.15) is 0 Å². The molecule has 0 aliphatic carbocycles. The number of para-hydroxylation sites is 1. The fourth-order valence-corrected chi connectivity index (χ4v) is 4.34. The first-order chi connectivity index (χ1) is 9.20. The summed E-state index contributed by atoms with van der Waals surface area (Å²) >= 11 is 0. The zero-order chi connectivity index (χ0) is 15.0. The average molecular weight is 298 g/mol. The van der Waals surface area contributed by atoms with Gasteiger partial charge in [0, 0.05) is 18.8 Å². The first-order valence-electron chi connectivity index (χ1n) is 6.69. The molecule has 0 aromatic heterocycles. The molecular formula is C14H22N2O3S. The van der Waals surface area contributed by atoms with Crippen LogP contribution < -0.4 is 5.73 Å². The van der Waals surface area contributed by atoms with Gasteiger partial charge in [0.25, 0.3) is 0 Å². The lowest BCUT2D eigenvalue weighted by molar-refractivity contribution is -0.109. The van der Waals surface area contributed by atoms with Gasteiger partial charge in [0.2, 0.25) is 10.0 Å². The van der Waals surface area contributed by atoms with E-state index in [1.807, 2.05) is 20.8 Å². The highest BCUT2D eigenvalue weighted by Gasteiger charge is 2.37. The molecule has 0 amide bonds. The number of nitrogens with zero attached hydrogens (tertiary/aromatic N) is 1. The van der Waals surface area contributed by atoms with Crippen LogP contribution in [0.2, 0.25) is 0 Å². The topological polar surface area (TPSA) is 72.6 Å². The lowest BCUT2D eigenvalue weighted by Crippen LogP contribution is -2.53. The number of sulfonamides is 1. The van der Waals surface area contributed by atoms with E-state index in [9.17, 15) is 8.42 Å². The number of nitrogens with two attached hydrogens (primary N) is 1. The normalized spacial score (nSPS) is 23.6. The Morgan fingerprint density at radius 2 is 2.05 bits per heavy atom. The molecule has 0 radical (unpaired) electrons. The summed E-state index contributed by atoms with van der Waals surface area (Å²) in [4.78, 5) is 0. The van der Waals surface area contributed by atoms with Crippen molar-refractivity contribution in [3.05, 3.63) is 29.8 Å². The van der Waals surface area contributed by atoms with Crippen molar-refractivity contribution in [1.82, 2.24) is 4.31 Å². The smallest absolute Gasteiger partial charge is 0.218 e. The van der Waals surface area contributed by atoms with Crippen molar-refractivity contribution in [2.75, 3.05) is 18.8 Å². The number of ether oxygens (including phenoxy) is 1. The number of benzene rings is 1. The second-order valence-corrected chi connectivity index (χ2v) is 7.90. The quantitative estimate of drug-likeness (QED) is 0.860. The lowest BCUT2D eigenvalue weighted by Gasteiger charge is -2.40. The Kier molecular flexibility index (Phi) is 4.09.